The Morgan fingerprint density at radius 3 is 2.73 bits per heavy atom. The molecular formula is C18H28N2O2. The Labute approximate surface area is 133 Å². The van der Waals surface area contributed by atoms with Gasteiger partial charge >= 0.3 is 6.03 Å². The van der Waals surface area contributed by atoms with Gasteiger partial charge < -0.3 is 15.3 Å². The third kappa shape index (κ3) is 4.73. The fourth-order valence-corrected chi connectivity index (χ4v) is 3.14. The highest BCUT2D eigenvalue weighted by atomic mass is 16.3. The molecule has 4 nitrogen and oxygen atoms in total. The van der Waals surface area contributed by atoms with Crippen molar-refractivity contribution in [3.63, 3.8) is 0 Å². The number of hydrogen-bond donors (Lipinski definition) is 2. The van der Waals surface area contributed by atoms with Crippen LogP contribution < -0.4 is 5.32 Å². The lowest BCUT2D eigenvalue weighted by atomic mass is 9.98. The molecule has 0 radical (unpaired) electrons. The Balaban J connectivity index is 1.68. The second kappa shape index (κ2) is 8.18. The average molecular weight is 304 g/mol. The minimum Gasteiger partial charge on any atom is -0.393 e. The summed E-state index contributed by atoms with van der Waals surface area (Å²) in [6.07, 6.45) is 3.64. The van der Waals surface area contributed by atoms with E-state index in [9.17, 15) is 9.90 Å². The van der Waals surface area contributed by atoms with Crippen LogP contribution in [0.3, 0.4) is 0 Å². The molecule has 1 aromatic carbocycles. The van der Waals surface area contributed by atoms with Crippen LogP contribution in [-0.2, 0) is 0 Å². The number of rotatable bonds is 6. The van der Waals surface area contributed by atoms with Crippen molar-refractivity contribution in [3.8, 4) is 0 Å². The Kier molecular flexibility index (Phi) is 6.25. The molecule has 2 N–H and O–H groups in total. The summed E-state index contributed by atoms with van der Waals surface area (Å²) < 4.78 is 0. The first-order chi connectivity index (χ1) is 10.6. The predicted octanol–water partition coefficient (Wildman–Crippen LogP) is 2.98. The van der Waals surface area contributed by atoms with E-state index in [1.54, 1.807) is 11.9 Å². The summed E-state index contributed by atoms with van der Waals surface area (Å²) in [5, 5.41) is 12.8. The van der Waals surface area contributed by atoms with Gasteiger partial charge in [0.05, 0.1) is 6.10 Å². The molecule has 122 valence electrons. The van der Waals surface area contributed by atoms with Crippen LogP contribution in [0.5, 0.6) is 0 Å². The van der Waals surface area contributed by atoms with Crippen molar-refractivity contribution in [3.05, 3.63) is 35.9 Å². The normalized spacial score (nSPS) is 22.3. The Morgan fingerprint density at radius 1 is 1.36 bits per heavy atom. The van der Waals surface area contributed by atoms with Crippen molar-refractivity contribution in [2.75, 3.05) is 20.1 Å². The molecule has 3 atom stereocenters. The number of urea groups is 1. The van der Waals surface area contributed by atoms with Gasteiger partial charge in [-0.15, -0.1) is 0 Å². The Bertz CT molecular complexity index is 463. The van der Waals surface area contributed by atoms with E-state index in [0.717, 1.165) is 25.7 Å². The summed E-state index contributed by atoms with van der Waals surface area (Å²) in [6.45, 7) is 3.49. The molecule has 0 saturated heterocycles. The van der Waals surface area contributed by atoms with Crippen LogP contribution in [-0.4, -0.2) is 42.3 Å². The number of amides is 2. The maximum Gasteiger partial charge on any atom is 0.317 e. The summed E-state index contributed by atoms with van der Waals surface area (Å²) in [5.74, 6) is 0.669. The van der Waals surface area contributed by atoms with Crippen molar-refractivity contribution >= 4 is 6.03 Å². The number of nitrogens with one attached hydrogen (secondary N) is 1. The standard InChI is InChI=1S/C18H28N2O2/c1-14(15-7-4-3-5-8-15)11-12-19-18(22)20(2)13-16-9-6-10-17(16)21/h3-5,7-8,14,16-17,21H,6,9-13H2,1-2H3,(H,19,22)/t14-,16-,17-/m1/s1. The van der Waals surface area contributed by atoms with E-state index in [1.165, 1.54) is 5.56 Å². The molecule has 0 aliphatic heterocycles. The number of aliphatic hydroxyl groups excluding tert-OH is 1. The lowest BCUT2D eigenvalue weighted by molar-refractivity contribution is 0.114. The first-order valence-corrected chi connectivity index (χ1v) is 8.30. The molecule has 22 heavy (non-hydrogen) atoms. The summed E-state index contributed by atoms with van der Waals surface area (Å²) in [7, 11) is 1.81. The van der Waals surface area contributed by atoms with Gasteiger partial charge in [0, 0.05) is 26.1 Å². The average Bonchev–Trinajstić information content (AvgIpc) is 2.93. The molecule has 1 aliphatic rings. The number of hydrogen-bond acceptors (Lipinski definition) is 2. The summed E-state index contributed by atoms with van der Waals surface area (Å²) in [5.41, 5.74) is 1.30. The van der Waals surface area contributed by atoms with Crippen molar-refractivity contribution in [1.29, 1.82) is 0 Å². The highest BCUT2D eigenvalue weighted by Gasteiger charge is 2.27. The number of carbonyl (C=O) groups excluding carboxylic acids is 1. The predicted molar refractivity (Wildman–Crippen MR) is 88.9 cm³/mol. The van der Waals surface area contributed by atoms with Gasteiger partial charge in [-0.1, -0.05) is 43.7 Å². The van der Waals surface area contributed by atoms with Gasteiger partial charge in [0.2, 0.25) is 0 Å². The summed E-state index contributed by atoms with van der Waals surface area (Å²) >= 11 is 0. The van der Waals surface area contributed by atoms with Gasteiger partial charge in [-0.2, -0.15) is 0 Å². The number of carbonyl (C=O) groups is 1. The van der Waals surface area contributed by atoms with E-state index < -0.39 is 0 Å². The number of benzene rings is 1. The first-order valence-electron chi connectivity index (χ1n) is 8.30. The van der Waals surface area contributed by atoms with Crippen LogP contribution >= 0.6 is 0 Å². The van der Waals surface area contributed by atoms with Crippen LogP contribution in [0, 0.1) is 5.92 Å². The van der Waals surface area contributed by atoms with E-state index >= 15 is 0 Å². The molecule has 0 unspecified atom stereocenters. The van der Waals surface area contributed by atoms with Gasteiger partial charge in [-0.05, 0) is 30.7 Å². The molecule has 2 rings (SSSR count). The Hall–Kier alpha value is -1.55. The summed E-state index contributed by atoms with van der Waals surface area (Å²) in [6, 6.07) is 10.3. The van der Waals surface area contributed by atoms with Gasteiger partial charge in [0.1, 0.15) is 0 Å². The van der Waals surface area contributed by atoms with E-state index in [1.807, 2.05) is 18.2 Å². The van der Waals surface area contributed by atoms with Gasteiger partial charge in [0.25, 0.3) is 0 Å². The molecule has 1 aliphatic carbocycles. The maximum atomic E-state index is 12.1. The quantitative estimate of drug-likeness (QED) is 0.849. The first kappa shape index (κ1) is 16.8. The van der Waals surface area contributed by atoms with Crippen molar-refractivity contribution in [1.82, 2.24) is 10.2 Å². The zero-order valence-electron chi connectivity index (χ0n) is 13.7. The summed E-state index contributed by atoms with van der Waals surface area (Å²) in [4.78, 5) is 13.8. The third-order valence-corrected chi connectivity index (χ3v) is 4.70. The monoisotopic (exact) mass is 304 g/mol. The minimum atomic E-state index is -0.242. The van der Waals surface area contributed by atoms with Crippen molar-refractivity contribution in [2.45, 2.75) is 44.6 Å². The van der Waals surface area contributed by atoms with E-state index in [4.69, 9.17) is 0 Å². The minimum absolute atomic E-state index is 0.0423. The van der Waals surface area contributed by atoms with Crippen LogP contribution in [0.4, 0.5) is 4.79 Å². The fraction of sp³-hybridized carbons (Fsp3) is 0.611. The second-order valence-corrected chi connectivity index (χ2v) is 6.47. The molecule has 0 aromatic heterocycles. The van der Waals surface area contributed by atoms with E-state index in [0.29, 0.717) is 19.0 Å². The van der Waals surface area contributed by atoms with Crippen LogP contribution in [0.25, 0.3) is 0 Å². The van der Waals surface area contributed by atoms with Crippen LogP contribution in [0.2, 0.25) is 0 Å². The Morgan fingerprint density at radius 2 is 2.09 bits per heavy atom. The maximum absolute atomic E-state index is 12.1. The molecule has 4 heteroatoms. The smallest absolute Gasteiger partial charge is 0.317 e. The van der Waals surface area contributed by atoms with Crippen LogP contribution in [0.1, 0.15) is 44.1 Å². The SMILES string of the molecule is C[C@H](CCNC(=O)N(C)C[C@H]1CCC[C@H]1O)c1ccccc1. The van der Waals surface area contributed by atoms with Crippen LogP contribution in [0.15, 0.2) is 30.3 Å². The second-order valence-electron chi connectivity index (χ2n) is 6.47. The highest BCUT2D eigenvalue weighted by molar-refractivity contribution is 5.73. The van der Waals surface area contributed by atoms with Gasteiger partial charge in [-0.25, -0.2) is 4.79 Å². The molecule has 1 aromatic rings. The lowest BCUT2D eigenvalue weighted by Crippen LogP contribution is -2.41. The molecule has 2 amide bonds. The van der Waals surface area contributed by atoms with Gasteiger partial charge in [0.15, 0.2) is 0 Å². The number of aliphatic hydroxyl groups is 1. The zero-order valence-corrected chi connectivity index (χ0v) is 13.7. The van der Waals surface area contributed by atoms with E-state index in [2.05, 4.69) is 24.4 Å². The largest absolute Gasteiger partial charge is 0.393 e. The molecular weight excluding hydrogens is 276 g/mol. The van der Waals surface area contributed by atoms with Crippen molar-refractivity contribution < 1.29 is 9.90 Å². The topological polar surface area (TPSA) is 52.6 Å². The molecule has 1 saturated carbocycles. The molecule has 1 fully saturated rings. The van der Waals surface area contributed by atoms with Gasteiger partial charge in [-0.3, -0.25) is 0 Å². The lowest BCUT2D eigenvalue weighted by Gasteiger charge is -2.24. The molecule has 0 heterocycles. The highest BCUT2D eigenvalue weighted by Crippen LogP contribution is 2.26. The molecule has 0 bridgehead atoms. The van der Waals surface area contributed by atoms with E-state index in [-0.39, 0.29) is 18.1 Å². The molecule has 0 spiro atoms. The third-order valence-electron chi connectivity index (χ3n) is 4.70. The zero-order chi connectivity index (χ0) is 15.9. The number of nitrogens with zero attached hydrogens (tertiary/aromatic N) is 1. The fourth-order valence-electron chi connectivity index (χ4n) is 3.14. The van der Waals surface area contributed by atoms with Crippen molar-refractivity contribution in [2.24, 2.45) is 5.92 Å².